The number of hydrogen-bond donors (Lipinski definition) is 1. The molecule has 3 aromatic rings. The number of rotatable bonds is 9. The summed E-state index contributed by atoms with van der Waals surface area (Å²) in [6.07, 6.45) is 1.35. The fraction of sp³-hybridized carbons (Fsp3) is 0.208. The van der Waals surface area contributed by atoms with Crippen LogP contribution < -0.4 is 14.4 Å². The number of nitrogens with zero attached hydrogens (tertiary/aromatic N) is 1. The van der Waals surface area contributed by atoms with E-state index in [0.29, 0.717) is 28.8 Å². The number of carbonyl (C=O) groups is 1. The molecular formula is C24H25ClN2O4S. The molecule has 32 heavy (non-hydrogen) atoms. The Morgan fingerprint density at radius 2 is 1.72 bits per heavy atom. The monoisotopic (exact) mass is 472 g/mol. The Hall–Kier alpha value is -3.03. The highest BCUT2D eigenvalue weighted by atomic mass is 35.5. The molecule has 8 heteroatoms. The maximum absolute atomic E-state index is 13.0. The van der Waals surface area contributed by atoms with Crippen LogP contribution in [0.4, 0.5) is 11.4 Å². The van der Waals surface area contributed by atoms with Gasteiger partial charge in [-0.1, -0.05) is 54.9 Å². The van der Waals surface area contributed by atoms with Gasteiger partial charge in [-0.05, 0) is 54.4 Å². The zero-order chi connectivity index (χ0) is 23.1. The second-order valence-corrected chi connectivity index (χ2v) is 9.55. The Kier molecular flexibility index (Phi) is 7.77. The van der Waals surface area contributed by atoms with Gasteiger partial charge in [-0.25, -0.2) is 8.42 Å². The summed E-state index contributed by atoms with van der Waals surface area (Å²) in [4.78, 5) is 13.0. The number of benzene rings is 3. The van der Waals surface area contributed by atoms with Crippen molar-refractivity contribution in [3.8, 4) is 5.75 Å². The maximum Gasteiger partial charge on any atom is 0.248 e. The van der Waals surface area contributed by atoms with Crippen molar-refractivity contribution in [3.63, 3.8) is 0 Å². The molecule has 0 heterocycles. The van der Waals surface area contributed by atoms with Crippen LogP contribution in [-0.4, -0.2) is 26.6 Å². The summed E-state index contributed by atoms with van der Waals surface area (Å²) in [7, 11) is -3.73. The molecule has 3 aromatic carbocycles. The minimum Gasteiger partial charge on any atom is -0.489 e. The number of nitrogens with one attached hydrogen (secondary N) is 1. The van der Waals surface area contributed by atoms with Crippen molar-refractivity contribution in [2.75, 3.05) is 15.9 Å². The van der Waals surface area contributed by atoms with Crippen molar-refractivity contribution in [1.82, 2.24) is 0 Å². The van der Waals surface area contributed by atoms with Gasteiger partial charge in [0.2, 0.25) is 15.9 Å². The summed E-state index contributed by atoms with van der Waals surface area (Å²) < 4.78 is 31.9. The van der Waals surface area contributed by atoms with Gasteiger partial charge in [-0.3, -0.25) is 9.10 Å². The van der Waals surface area contributed by atoms with Gasteiger partial charge in [0, 0.05) is 10.7 Å². The molecule has 0 aliphatic rings. The molecule has 0 saturated carbocycles. The Balaban J connectivity index is 1.72. The third kappa shape index (κ3) is 6.24. The van der Waals surface area contributed by atoms with E-state index >= 15 is 0 Å². The quantitative estimate of drug-likeness (QED) is 0.470. The molecule has 1 atom stereocenters. The Morgan fingerprint density at radius 3 is 2.31 bits per heavy atom. The van der Waals surface area contributed by atoms with Crippen LogP contribution in [0.25, 0.3) is 0 Å². The fourth-order valence-electron chi connectivity index (χ4n) is 3.27. The molecule has 6 nitrogen and oxygen atoms in total. The molecule has 3 rings (SSSR count). The lowest BCUT2D eigenvalue weighted by atomic mass is 10.1. The molecule has 168 valence electrons. The molecule has 1 amide bonds. The minimum absolute atomic E-state index is 0.281. The molecule has 0 spiro atoms. The summed E-state index contributed by atoms with van der Waals surface area (Å²) in [5, 5.41) is 3.18. The highest BCUT2D eigenvalue weighted by molar-refractivity contribution is 7.92. The number of ether oxygens (including phenoxy) is 1. The zero-order valence-electron chi connectivity index (χ0n) is 17.9. The zero-order valence-corrected chi connectivity index (χ0v) is 19.4. The largest absolute Gasteiger partial charge is 0.489 e. The van der Waals surface area contributed by atoms with Gasteiger partial charge in [0.1, 0.15) is 18.4 Å². The van der Waals surface area contributed by atoms with Gasteiger partial charge in [-0.15, -0.1) is 0 Å². The van der Waals surface area contributed by atoms with Crippen molar-refractivity contribution in [3.05, 3.63) is 89.4 Å². The third-order valence-corrected chi connectivity index (χ3v) is 6.18. The summed E-state index contributed by atoms with van der Waals surface area (Å²) in [6, 6.07) is 22.2. The lowest BCUT2D eigenvalue weighted by molar-refractivity contribution is -0.117. The van der Waals surface area contributed by atoms with Crippen molar-refractivity contribution < 1.29 is 17.9 Å². The predicted octanol–water partition coefficient (Wildman–Crippen LogP) is 5.10. The number of carbonyl (C=O) groups excluding carboxylic acids is 1. The van der Waals surface area contributed by atoms with E-state index in [1.807, 2.05) is 30.3 Å². The molecule has 0 aliphatic carbocycles. The smallest absolute Gasteiger partial charge is 0.248 e. The first-order chi connectivity index (χ1) is 15.3. The Bertz CT molecular complexity index is 1150. The van der Waals surface area contributed by atoms with Crippen LogP contribution in [0.5, 0.6) is 5.75 Å². The van der Waals surface area contributed by atoms with Crippen LogP contribution in [0.2, 0.25) is 5.02 Å². The first-order valence-electron chi connectivity index (χ1n) is 10.1. The van der Waals surface area contributed by atoms with Gasteiger partial charge in [0.15, 0.2) is 0 Å². The van der Waals surface area contributed by atoms with Crippen molar-refractivity contribution >= 4 is 38.9 Å². The minimum atomic E-state index is -3.73. The average Bonchev–Trinajstić information content (AvgIpc) is 2.76. The number of sulfonamides is 1. The standard InChI is InChI=1S/C24H25ClN2O4S/c1-3-23(27(32(2,29)30)21-11-7-10-19(25)16-21)24(28)26-20-12-14-22(15-13-20)31-17-18-8-5-4-6-9-18/h4-16,23H,3,17H2,1-2H3,(H,26,28)/t23-/m0/s1. The summed E-state index contributed by atoms with van der Waals surface area (Å²) in [6.45, 7) is 2.20. The summed E-state index contributed by atoms with van der Waals surface area (Å²) >= 11 is 6.04. The number of halogens is 1. The second-order valence-electron chi connectivity index (χ2n) is 7.25. The predicted molar refractivity (Wildman–Crippen MR) is 129 cm³/mol. The van der Waals surface area contributed by atoms with Crippen LogP contribution >= 0.6 is 11.6 Å². The van der Waals surface area contributed by atoms with Gasteiger partial charge >= 0.3 is 0 Å². The lowest BCUT2D eigenvalue weighted by Crippen LogP contribution is -2.47. The molecule has 0 bridgehead atoms. The van der Waals surface area contributed by atoms with E-state index in [2.05, 4.69) is 5.32 Å². The molecule has 0 aromatic heterocycles. The third-order valence-electron chi connectivity index (χ3n) is 4.76. The number of anilines is 2. The molecule has 0 unspecified atom stereocenters. The van der Waals surface area contributed by atoms with Crippen LogP contribution in [0.15, 0.2) is 78.9 Å². The van der Waals surface area contributed by atoms with Crippen LogP contribution in [0.1, 0.15) is 18.9 Å². The lowest BCUT2D eigenvalue weighted by Gasteiger charge is -2.30. The first kappa shape index (κ1) is 23.6. The highest BCUT2D eigenvalue weighted by Gasteiger charge is 2.31. The number of amides is 1. The van der Waals surface area contributed by atoms with E-state index in [9.17, 15) is 13.2 Å². The van der Waals surface area contributed by atoms with Gasteiger partial charge < -0.3 is 10.1 Å². The fourth-order valence-corrected chi connectivity index (χ4v) is 4.66. The number of hydrogen-bond acceptors (Lipinski definition) is 4. The SMILES string of the molecule is CC[C@@H](C(=O)Nc1ccc(OCc2ccccc2)cc1)N(c1cccc(Cl)c1)S(C)(=O)=O. The topological polar surface area (TPSA) is 75.7 Å². The van der Waals surface area contributed by atoms with E-state index in [0.717, 1.165) is 16.1 Å². The summed E-state index contributed by atoms with van der Waals surface area (Å²) in [5.41, 5.74) is 1.93. The van der Waals surface area contributed by atoms with Crippen molar-refractivity contribution in [2.45, 2.75) is 26.0 Å². The van der Waals surface area contributed by atoms with Gasteiger partial charge in [0.25, 0.3) is 0 Å². The normalized spacial score (nSPS) is 12.1. The Labute approximate surface area is 193 Å². The van der Waals surface area contributed by atoms with E-state index in [-0.39, 0.29) is 6.42 Å². The second kappa shape index (κ2) is 10.5. The van der Waals surface area contributed by atoms with Crippen LogP contribution in [-0.2, 0) is 21.4 Å². The van der Waals surface area contributed by atoms with E-state index in [1.54, 1.807) is 49.4 Å². The Morgan fingerprint density at radius 1 is 1.03 bits per heavy atom. The van der Waals surface area contributed by atoms with Crippen LogP contribution in [0, 0.1) is 0 Å². The van der Waals surface area contributed by atoms with Gasteiger partial charge in [0.05, 0.1) is 11.9 Å². The maximum atomic E-state index is 13.0. The molecule has 0 saturated heterocycles. The highest BCUT2D eigenvalue weighted by Crippen LogP contribution is 2.26. The van der Waals surface area contributed by atoms with E-state index in [4.69, 9.17) is 16.3 Å². The first-order valence-corrected chi connectivity index (χ1v) is 12.3. The molecular weight excluding hydrogens is 448 g/mol. The molecule has 0 aliphatic heterocycles. The molecule has 0 radical (unpaired) electrons. The molecule has 1 N–H and O–H groups in total. The van der Waals surface area contributed by atoms with Crippen LogP contribution in [0.3, 0.4) is 0 Å². The van der Waals surface area contributed by atoms with E-state index in [1.165, 1.54) is 6.07 Å². The van der Waals surface area contributed by atoms with Crippen molar-refractivity contribution in [1.29, 1.82) is 0 Å². The molecule has 0 fully saturated rings. The van der Waals surface area contributed by atoms with Gasteiger partial charge in [-0.2, -0.15) is 0 Å². The average molecular weight is 473 g/mol. The van der Waals surface area contributed by atoms with E-state index < -0.39 is 22.0 Å². The van der Waals surface area contributed by atoms with Crippen molar-refractivity contribution in [2.24, 2.45) is 0 Å². The summed E-state index contributed by atoms with van der Waals surface area (Å²) in [5.74, 6) is 0.228.